The molecule has 0 aromatic rings. The van der Waals surface area contributed by atoms with E-state index < -0.39 is 53.0 Å². The molecular weight excluding hydrogens is 913 g/mol. The van der Waals surface area contributed by atoms with Crippen molar-refractivity contribution in [3.63, 3.8) is 0 Å². The Labute approximate surface area is 439 Å². The summed E-state index contributed by atoms with van der Waals surface area (Å²) in [5.41, 5.74) is -0.923. The van der Waals surface area contributed by atoms with Crippen LogP contribution in [0.1, 0.15) is 310 Å². The molecule has 0 spiro atoms. The van der Waals surface area contributed by atoms with Crippen LogP contribution in [0, 0.1) is 0 Å². The molecule has 0 N–H and O–H groups in total. The lowest BCUT2D eigenvalue weighted by atomic mass is 9.98. The molecule has 1 unspecified atom stereocenters. The van der Waals surface area contributed by atoms with Gasteiger partial charge in [-0.25, -0.2) is 0 Å². The first kappa shape index (κ1) is 65.0. The molecule has 1 saturated carbocycles. The molecule has 2 rings (SSSR count). The van der Waals surface area contributed by atoms with Crippen LogP contribution in [-0.2, 0) is 47.7 Å². The molecule has 10 nitrogen and oxygen atoms in total. The number of carbonyl (C=O) groups excluding carboxylic acids is 5. The van der Waals surface area contributed by atoms with Gasteiger partial charge in [0.05, 0.1) is 5.25 Å². The van der Waals surface area contributed by atoms with Crippen molar-refractivity contribution in [2.24, 2.45) is 0 Å². The van der Waals surface area contributed by atoms with Gasteiger partial charge in [0.15, 0.2) is 18.3 Å². The SMILES string of the molecule is CCCCCCCCCCCC(=O)OC[C@H]1O[C@@H](SC2CCCCC2=O)[C@H](OC(=O)CCCCCCCCCCC)[C@@H](OC(=O)CCCCCCCCCCC)[C@H]1OC(=O)CCCCCCCCCCC. The van der Waals surface area contributed by atoms with Crippen molar-refractivity contribution in [1.29, 1.82) is 0 Å². The van der Waals surface area contributed by atoms with Crippen LogP contribution in [0.3, 0.4) is 0 Å². The summed E-state index contributed by atoms with van der Waals surface area (Å²) >= 11 is 1.30. The summed E-state index contributed by atoms with van der Waals surface area (Å²) in [6, 6.07) is 0. The molecule has 2 aliphatic rings. The van der Waals surface area contributed by atoms with E-state index in [-0.39, 0.29) is 44.0 Å². The molecule has 0 aromatic carbocycles. The first-order valence-electron chi connectivity index (χ1n) is 30.3. The van der Waals surface area contributed by atoms with Crippen LogP contribution in [0.2, 0.25) is 0 Å². The van der Waals surface area contributed by atoms with Gasteiger partial charge < -0.3 is 23.7 Å². The van der Waals surface area contributed by atoms with E-state index in [0.29, 0.717) is 32.1 Å². The number of rotatable bonds is 47. The summed E-state index contributed by atoms with van der Waals surface area (Å²) in [7, 11) is 0. The van der Waals surface area contributed by atoms with E-state index in [1.54, 1.807) is 0 Å². The Morgan fingerprint density at radius 2 is 0.746 bits per heavy atom. The Morgan fingerprint density at radius 1 is 0.423 bits per heavy atom. The highest BCUT2D eigenvalue weighted by Crippen LogP contribution is 2.39. The predicted octanol–water partition coefficient (Wildman–Crippen LogP) is 16.9. The van der Waals surface area contributed by atoms with Gasteiger partial charge in [0.2, 0.25) is 0 Å². The third-order valence-corrected chi connectivity index (χ3v) is 16.0. The highest BCUT2D eigenvalue weighted by atomic mass is 32.2. The van der Waals surface area contributed by atoms with Crippen LogP contribution in [0.25, 0.3) is 0 Å². The maximum atomic E-state index is 14.0. The van der Waals surface area contributed by atoms with E-state index in [9.17, 15) is 24.0 Å². The predicted molar refractivity (Wildman–Crippen MR) is 291 cm³/mol. The van der Waals surface area contributed by atoms with Gasteiger partial charge in [0.25, 0.3) is 0 Å². The molecule has 1 saturated heterocycles. The normalized spacial score (nSPS) is 20.2. The van der Waals surface area contributed by atoms with Crippen LogP contribution in [0.15, 0.2) is 0 Å². The Kier molecular flexibility index (Phi) is 41.4. The number of hydrogen-bond acceptors (Lipinski definition) is 11. The fourth-order valence-electron chi connectivity index (χ4n) is 9.98. The quantitative estimate of drug-likeness (QED) is 0.0328. The van der Waals surface area contributed by atoms with Crippen LogP contribution in [0.4, 0.5) is 0 Å². The van der Waals surface area contributed by atoms with E-state index in [4.69, 9.17) is 23.7 Å². The third kappa shape index (κ3) is 33.4. The minimum atomic E-state index is -1.22. The monoisotopic (exact) mass is 1020 g/mol. The van der Waals surface area contributed by atoms with Gasteiger partial charge in [-0.15, -0.1) is 11.8 Å². The van der Waals surface area contributed by atoms with Crippen molar-refractivity contribution in [3.8, 4) is 0 Å². The minimum Gasteiger partial charge on any atom is -0.463 e. The lowest BCUT2D eigenvalue weighted by Crippen LogP contribution is -2.62. The van der Waals surface area contributed by atoms with E-state index >= 15 is 0 Å². The molecule has 11 heteroatoms. The summed E-state index contributed by atoms with van der Waals surface area (Å²) in [5.74, 6) is -1.61. The number of Topliss-reactive ketones (excluding diaryl/α,β-unsaturated/α-hetero) is 1. The largest absolute Gasteiger partial charge is 0.463 e. The highest BCUT2D eigenvalue weighted by molar-refractivity contribution is 8.01. The van der Waals surface area contributed by atoms with Crippen LogP contribution < -0.4 is 0 Å². The summed E-state index contributed by atoms with van der Waals surface area (Å²) < 4.78 is 31.7. The zero-order valence-electron chi connectivity index (χ0n) is 46.3. The van der Waals surface area contributed by atoms with Gasteiger partial charge in [-0.05, 0) is 38.5 Å². The molecule has 1 heterocycles. The third-order valence-electron chi connectivity index (χ3n) is 14.5. The maximum Gasteiger partial charge on any atom is 0.306 e. The van der Waals surface area contributed by atoms with E-state index in [1.165, 1.54) is 140 Å². The highest BCUT2D eigenvalue weighted by Gasteiger charge is 2.53. The average molecular weight is 1020 g/mol. The molecule has 414 valence electrons. The van der Waals surface area contributed by atoms with Crippen LogP contribution in [-0.4, -0.2) is 71.4 Å². The number of ketones is 1. The van der Waals surface area contributed by atoms with E-state index in [1.807, 2.05) is 0 Å². The first-order chi connectivity index (χ1) is 34.7. The zero-order chi connectivity index (χ0) is 51.4. The van der Waals surface area contributed by atoms with Gasteiger partial charge in [0, 0.05) is 32.1 Å². The molecule has 71 heavy (non-hydrogen) atoms. The second-order valence-corrected chi connectivity index (χ2v) is 22.5. The zero-order valence-corrected chi connectivity index (χ0v) is 47.1. The number of thioether (sulfide) groups is 1. The van der Waals surface area contributed by atoms with E-state index in [0.717, 1.165) is 96.3 Å². The van der Waals surface area contributed by atoms with Crippen molar-refractivity contribution in [2.75, 3.05) is 6.61 Å². The summed E-state index contributed by atoms with van der Waals surface area (Å²) in [4.78, 5) is 68.4. The molecular formula is C60H108O10S. The van der Waals surface area contributed by atoms with E-state index in [2.05, 4.69) is 27.7 Å². The Bertz CT molecular complexity index is 1340. The lowest BCUT2D eigenvalue weighted by Gasteiger charge is -2.45. The number of unbranched alkanes of at least 4 members (excludes halogenated alkanes) is 32. The topological polar surface area (TPSA) is 132 Å². The van der Waals surface area contributed by atoms with Crippen molar-refractivity contribution in [1.82, 2.24) is 0 Å². The molecule has 2 fully saturated rings. The summed E-state index contributed by atoms with van der Waals surface area (Å²) in [5, 5.41) is -0.397. The van der Waals surface area contributed by atoms with Gasteiger partial charge in [-0.3, -0.25) is 24.0 Å². The maximum absolute atomic E-state index is 14.0. The Balaban J connectivity index is 2.33. The first-order valence-corrected chi connectivity index (χ1v) is 31.3. The average Bonchev–Trinajstić information content (AvgIpc) is 3.36. The molecule has 1 aliphatic heterocycles. The molecule has 0 radical (unpaired) electrons. The fourth-order valence-corrected chi connectivity index (χ4v) is 11.4. The molecule has 0 bridgehead atoms. The molecule has 1 aliphatic carbocycles. The Hall–Kier alpha value is -2.14. The number of carbonyl (C=O) groups is 5. The van der Waals surface area contributed by atoms with Gasteiger partial charge in [-0.2, -0.15) is 0 Å². The van der Waals surface area contributed by atoms with Gasteiger partial charge in [0.1, 0.15) is 23.9 Å². The minimum absolute atomic E-state index is 0.113. The van der Waals surface area contributed by atoms with Gasteiger partial charge >= 0.3 is 23.9 Å². The van der Waals surface area contributed by atoms with Crippen molar-refractivity contribution in [2.45, 2.75) is 345 Å². The standard InChI is InChI=1S/C60H108O10S/c1-5-9-13-17-21-25-29-33-37-45-53(62)66-49-51-57(68-54(63)46-38-34-30-26-22-18-14-10-6-2)58(69-55(64)47-39-35-31-27-23-19-15-11-7-3)59(60(67-51)71-52-44-42-41-43-50(52)61)70-56(65)48-40-36-32-28-24-20-16-12-8-4/h51-52,57-60H,5-49H2,1-4H3/t51-,52?,57+,58+,59-,60+/m1/s1. The smallest absolute Gasteiger partial charge is 0.306 e. The lowest BCUT2D eigenvalue weighted by molar-refractivity contribution is -0.239. The van der Waals surface area contributed by atoms with Crippen LogP contribution >= 0.6 is 11.8 Å². The Morgan fingerprint density at radius 3 is 1.11 bits per heavy atom. The van der Waals surface area contributed by atoms with Crippen molar-refractivity contribution < 1.29 is 47.7 Å². The van der Waals surface area contributed by atoms with Crippen molar-refractivity contribution >= 4 is 41.4 Å². The second-order valence-electron chi connectivity index (χ2n) is 21.2. The van der Waals surface area contributed by atoms with Gasteiger partial charge in [-0.1, -0.05) is 240 Å². The fraction of sp³-hybridized carbons (Fsp3) is 0.917. The number of ether oxygens (including phenoxy) is 5. The summed E-state index contributed by atoms with van der Waals surface area (Å²) in [6.45, 7) is 8.67. The number of hydrogen-bond donors (Lipinski definition) is 0. The van der Waals surface area contributed by atoms with Crippen LogP contribution in [0.5, 0.6) is 0 Å². The number of esters is 4. The van der Waals surface area contributed by atoms with Crippen molar-refractivity contribution in [3.05, 3.63) is 0 Å². The molecule has 0 amide bonds. The molecule has 0 aromatic heterocycles. The summed E-state index contributed by atoms with van der Waals surface area (Å²) in [6.07, 6.45) is 38.9. The second kappa shape index (κ2) is 45.3. The molecule has 6 atom stereocenters.